The Labute approximate surface area is 240 Å². The molecular weight excluding hydrogens is 537 g/mol. The summed E-state index contributed by atoms with van der Waals surface area (Å²) >= 11 is 0. The summed E-state index contributed by atoms with van der Waals surface area (Å²) in [5, 5.41) is 8.83. The smallest absolute Gasteiger partial charge is 0.181 e. The monoisotopic (exact) mass is 569 g/mol. The van der Waals surface area contributed by atoms with Crippen LogP contribution in [0.3, 0.4) is 0 Å². The van der Waals surface area contributed by atoms with Crippen LogP contribution in [0.25, 0.3) is 34.0 Å². The number of aliphatic hydroxyl groups is 1. The van der Waals surface area contributed by atoms with Crippen molar-refractivity contribution in [1.82, 2.24) is 14.9 Å². The normalized spacial score (nSPS) is 14.2. The second kappa shape index (κ2) is 12.9. The van der Waals surface area contributed by atoms with E-state index >= 15 is 0 Å². The predicted molar refractivity (Wildman–Crippen MR) is 162 cm³/mol. The molecule has 0 radical (unpaired) electrons. The van der Waals surface area contributed by atoms with Gasteiger partial charge in [-0.1, -0.05) is 30.4 Å². The Bertz CT molecular complexity index is 1660. The molecule has 41 heavy (non-hydrogen) atoms. The van der Waals surface area contributed by atoms with Gasteiger partial charge in [-0.05, 0) is 95.9 Å². The molecule has 8 heteroatoms. The molecule has 3 heterocycles. The van der Waals surface area contributed by atoms with Crippen molar-refractivity contribution in [2.45, 2.75) is 17.7 Å². The maximum absolute atomic E-state index is 13.6. The summed E-state index contributed by atoms with van der Waals surface area (Å²) in [7, 11) is -3.40. The lowest BCUT2D eigenvalue weighted by Gasteiger charge is -2.25. The number of H-pyrrole nitrogens is 1. The quantitative estimate of drug-likeness (QED) is 0.217. The number of aromatic nitrogens is 2. The summed E-state index contributed by atoms with van der Waals surface area (Å²) in [6, 6.07) is 17.4. The Morgan fingerprint density at radius 3 is 2.41 bits per heavy atom. The second-order valence-electron chi connectivity index (χ2n) is 9.82. The van der Waals surface area contributed by atoms with E-state index in [4.69, 9.17) is 5.11 Å². The highest BCUT2D eigenvalue weighted by molar-refractivity contribution is 7.91. The van der Waals surface area contributed by atoms with Gasteiger partial charge in [0.25, 0.3) is 0 Å². The number of aliphatic hydroxyl groups excluding tert-OH is 1. The summed E-state index contributed by atoms with van der Waals surface area (Å²) in [6.45, 7) is 1.58. The highest BCUT2D eigenvalue weighted by Crippen LogP contribution is 2.39. The molecule has 0 aliphatic carbocycles. The SMILES string of the molecule is O=S(=O)(CC=CCCO)c1ccc(C=CN2CC=C(c3c[nH]c(-c4ccc(F)cc4)c3-c3ccncc3)CC2)cc1. The van der Waals surface area contributed by atoms with Gasteiger partial charge in [0.05, 0.1) is 16.3 Å². The van der Waals surface area contributed by atoms with Crippen molar-refractivity contribution in [3.05, 3.63) is 121 Å². The number of aromatic amines is 1. The van der Waals surface area contributed by atoms with E-state index in [1.807, 2.05) is 42.7 Å². The molecule has 2 aromatic carbocycles. The van der Waals surface area contributed by atoms with Crippen molar-refractivity contribution < 1.29 is 17.9 Å². The first kappa shape index (κ1) is 28.3. The van der Waals surface area contributed by atoms with Gasteiger partial charge in [0.15, 0.2) is 9.84 Å². The van der Waals surface area contributed by atoms with Gasteiger partial charge in [-0.15, -0.1) is 0 Å². The molecule has 5 rings (SSSR count). The van der Waals surface area contributed by atoms with E-state index in [9.17, 15) is 12.8 Å². The van der Waals surface area contributed by atoms with E-state index in [1.165, 1.54) is 17.7 Å². The average molecular weight is 570 g/mol. The van der Waals surface area contributed by atoms with E-state index < -0.39 is 9.84 Å². The first-order valence-electron chi connectivity index (χ1n) is 13.5. The molecule has 4 aromatic rings. The van der Waals surface area contributed by atoms with E-state index in [-0.39, 0.29) is 23.1 Å². The third-order valence-corrected chi connectivity index (χ3v) is 8.69. The van der Waals surface area contributed by atoms with Crippen molar-refractivity contribution in [1.29, 1.82) is 0 Å². The minimum absolute atomic E-state index is 0.00289. The van der Waals surface area contributed by atoms with E-state index in [0.717, 1.165) is 53.0 Å². The van der Waals surface area contributed by atoms with Crippen LogP contribution in [0.15, 0.2) is 109 Å². The van der Waals surface area contributed by atoms with Crippen LogP contribution in [0.5, 0.6) is 0 Å². The van der Waals surface area contributed by atoms with E-state index in [2.05, 4.69) is 20.9 Å². The molecule has 2 N–H and O–H groups in total. The highest BCUT2D eigenvalue weighted by Gasteiger charge is 2.20. The molecule has 6 nitrogen and oxygen atoms in total. The zero-order chi connectivity index (χ0) is 28.7. The van der Waals surface area contributed by atoms with Crippen LogP contribution in [0, 0.1) is 5.82 Å². The third kappa shape index (κ3) is 6.90. The Balaban J connectivity index is 1.30. The minimum Gasteiger partial charge on any atom is -0.396 e. The van der Waals surface area contributed by atoms with Crippen LogP contribution >= 0.6 is 0 Å². The first-order chi connectivity index (χ1) is 19.9. The number of hydrogen-bond acceptors (Lipinski definition) is 5. The van der Waals surface area contributed by atoms with Crippen molar-refractivity contribution in [2.75, 3.05) is 25.4 Å². The van der Waals surface area contributed by atoms with Gasteiger partial charge in [0.2, 0.25) is 0 Å². The molecule has 210 valence electrons. The van der Waals surface area contributed by atoms with Crippen LogP contribution in [0.4, 0.5) is 4.39 Å². The largest absolute Gasteiger partial charge is 0.396 e. The number of sulfone groups is 1. The Hall–Kier alpha value is -4.27. The van der Waals surface area contributed by atoms with Gasteiger partial charge in [0, 0.05) is 49.4 Å². The van der Waals surface area contributed by atoms with Crippen molar-refractivity contribution in [3.8, 4) is 22.4 Å². The molecule has 0 fully saturated rings. The second-order valence-corrected chi connectivity index (χ2v) is 11.9. The van der Waals surface area contributed by atoms with E-state index in [0.29, 0.717) is 6.42 Å². The highest BCUT2D eigenvalue weighted by atomic mass is 32.2. The third-order valence-electron chi connectivity index (χ3n) is 7.06. The van der Waals surface area contributed by atoms with Crippen LogP contribution in [0.1, 0.15) is 24.0 Å². The van der Waals surface area contributed by atoms with Gasteiger partial charge in [-0.25, -0.2) is 12.8 Å². The molecule has 1 aliphatic rings. The van der Waals surface area contributed by atoms with Crippen LogP contribution in [0.2, 0.25) is 0 Å². The zero-order valence-electron chi connectivity index (χ0n) is 22.6. The lowest BCUT2D eigenvalue weighted by Crippen LogP contribution is -2.22. The summed E-state index contributed by atoms with van der Waals surface area (Å²) in [4.78, 5) is 10.1. The maximum atomic E-state index is 13.6. The average Bonchev–Trinajstić information content (AvgIpc) is 3.45. The summed E-state index contributed by atoms with van der Waals surface area (Å²) in [5.74, 6) is -0.349. The minimum atomic E-state index is -3.40. The first-order valence-corrected chi connectivity index (χ1v) is 15.2. The Morgan fingerprint density at radius 1 is 0.976 bits per heavy atom. The lowest BCUT2D eigenvalue weighted by atomic mass is 9.92. The topological polar surface area (TPSA) is 86.3 Å². The Morgan fingerprint density at radius 2 is 1.73 bits per heavy atom. The molecular formula is C33H32FN3O3S. The fourth-order valence-corrected chi connectivity index (χ4v) is 6.00. The van der Waals surface area contributed by atoms with Gasteiger partial charge >= 0.3 is 0 Å². The number of rotatable bonds is 10. The number of nitrogens with zero attached hydrogens (tertiary/aromatic N) is 2. The fourth-order valence-electron chi connectivity index (χ4n) is 4.87. The molecule has 0 bridgehead atoms. The van der Waals surface area contributed by atoms with Crippen molar-refractivity contribution in [2.24, 2.45) is 0 Å². The predicted octanol–water partition coefficient (Wildman–Crippen LogP) is 6.36. The number of pyridine rings is 1. The fraction of sp³-hybridized carbons (Fsp3) is 0.182. The summed E-state index contributed by atoms with van der Waals surface area (Å²) in [6.07, 6.45) is 16.4. The lowest BCUT2D eigenvalue weighted by molar-refractivity contribution is 0.302. The van der Waals surface area contributed by atoms with Crippen LogP contribution in [-0.2, 0) is 9.84 Å². The molecule has 0 spiro atoms. The van der Waals surface area contributed by atoms with Gasteiger partial charge in [-0.2, -0.15) is 0 Å². The zero-order valence-corrected chi connectivity index (χ0v) is 23.4. The number of nitrogens with one attached hydrogen (secondary N) is 1. The number of hydrogen-bond donors (Lipinski definition) is 2. The van der Waals surface area contributed by atoms with Crippen molar-refractivity contribution >= 4 is 21.5 Å². The van der Waals surface area contributed by atoms with Crippen LogP contribution < -0.4 is 0 Å². The molecule has 0 saturated heterocycles. The number of halogens is 1. The van der Waals surface area contributed by atoms with Crippen LogP contribution in [-0.4, -0.2) is 53.8 Å². The van der Waals surface area contributed by atoms with E-state index in [1.54, 1.807) is 48.8 Å². The standard InChI is InChI=1S/C33H32FN3O3S/c34-29-8-6-28(7-9-29)33-32(27-12-17-35-18-13-27)31(24-36-33)26-15-20-37(21-16-26)19-14-25-4-10-30(11-5-25)41(39,40)23-3-1-2-22-38/h1,3-15,17-19,24,36,38H,2,16,20-23H2. The summed E-state index contributed by atoms with van der Waals surface area (Å²) < 4.78 is 38.6. The molecule has 1 aliphatic heterocycles. The van der Waals surface area contributed by atoms with Gasteiger partial charge in [-0.3, -0.25) is 4.98 Å². The number of benzene rings is 2. The molecule has 0 atom stereocenters. The molecule has 0 unspecified atom stereocenters. The summed E-state index contributed by atoms with van der Waals surface area (Å²) in [5.41, 5.74) is 7.28. The van der Waals surface area contributed by atoms with Gasteiger partial charge < -0.3 is 15.0 Å². The maximum Gasteiger partial charge on any atom is 0.181 e. The van der Waals surface area contributed by atoms with Crippen molar-refractivity contribution in [3.63, 3.8) is 0 Å². The van der Waals surface area contributed by atoms with Gasteiger partial charge in [0.1, 0.15) is 5.82 Å². The Kier molecular flexibility index (Phi) is 8.91. The molecule has 0 saturated carbocycles. The molecule has 0 amide bonds. The molecule has 2 aromatic heterocycles.